The summed E-state index contributed by atoms with van der Waals surface area (Å²) >= 11 is 0. The molecule has 0 heterocycles. The lowest BCUT2D eigenvalue weighted by atomic mass is 10.1. The molecule has 0 aromatic carbocycles. The highest BCUT2D eigenvalue weighted by Crippen LogP contribution is 2.19. The number of nitrogens with one attached hydrogen (secondary N) is 1. The van der Waals surface area contributed by atoms with E-state index >= 15 is 0 Å². The van der Waals surface area contributed by atoms with Crippen molar-refractivity contribution in [3.8, 4) is 0 Å². The Morgan fingerprint density at radius 1 is 1.53 bits per heavy atom. The van der Waals surface area contributed by atoms with Crippen LogP contribution in [0, 0.1) is 0 Å². The zero-order valence-corrected chi connectivity index (χ0v) is 10.4. The highest BCUT2D eigenvalue weighted by atomic mass is 32.2. The van der Waals surface area contributed by atoms with Gasteiger partial charge in [-0.05, 0) is 39.2 Å². The molecular formula is C11H21NO2S. The summed E-state index contributed by atoms with van der Waals surface area (Å²) in [6.07, 6.45) is 8.38. The van der Waals surface area contributed by atoms with E-state index in [4.69, 9.17) is 0 Å². The van der Waals surface area contributed by atoms with Crippen LogP contribution in [0.25, 0.3) is 0 Å². The van der Waals surface area contributed by atoms with Gasteiger partial charge in [0.2, 0.25) is 0 Å². The van der Waals surface area contributed by atoms with Crippen LogP contribution in [0.4, 0.5) is 0 Å². The van der Waals surface area contributed by atoms with E-state index in [0.29, 0.717) is 0 Å². The first-order valence-electron chi connectivity index (χ1n) is 5.56. The number of rotatable bonds is 6. The molecule has 15 heavy (non-hydrogen) atoms. The van der Waals surface area contributed by atoms with Crippen LogP contribution in [0.5, 0.6) is 0 Å². The van der Waals surface area contributed by atoms with Gasteiger partial charge in [0.15, 0.2) is 0 Å². The molecule has 0 fully saturated rings. The van der Waals surface area contributed by atoms with Gasteiger partial charge in [0.1, 0.15) is 9.84 Å². The van der Waals surface area contributed by atoms with Crippen molar-refractivity contribution in [3.63, 3.8) is 0 Å². The molecule has 1 atom stereocenters. The third kappa shape index (κ3) is 5.95. The molecule has 4 heteroatoms. The predicted molar refractivity (Wildman–Crippen MR) is 63.7 cm³/mol. The zero-order valence-electron chi connectivity index (χ0n) is 9.62. The predicted octanol–water partition coefficient (Wildman–Crippen LogP) is 1.51. The maximum Gasteiger partial charge on any atom is 0.148 e. The van der Waals surface area contributed by atoms with Gasteiger partial charge in [-0.2, -0.15) is 0 Å². The van der Waals surface area contributed by atoms with Gasteiger partial charge in [0.05, 0.1) is 5.75 Å². The standard InChI is InChI=1S/C11H21NO2S/c1-10(9-15(2,13)14)12-8-7-11-5-3-4-6-11/h5,10,12H,3-4,6-9H2,1-2H3. The fraction of sp³-hybridized carbons (Fsp3) is 0.818. The highest BCUT2D eigenvalue weighted by Gasteiger charge is 2.10. The molecule has 0 spiro atoms. The van der Waals surface area contributed by atoms with Gasteiger partial charge in [-0.15, -0.1) is 0 Å². The molecule has 0 saturated carbocycles. The molecule has 0 aromatic rings. The Kier molecular flexibility index (Phi) is 4.80. The summed E-state index contributed by atoms with van der Waals surface area (Å²) < 4.78 is 22.0. The summed E-state index contributed by atoms with van der Waals surface area (Å²) in [5.74, 6) is 0.228. The van der Waals surface area contributed by atoms with Crippen LogP contribution in [-0.4, -0.2) is 33.0 Å². The van der Waals surface area contributed by atoms with Crippen molar-refractivity contribution < 1.29 is 8.42 Å². The normalized spacial score (nSPS) is 18.9. The van der Waals surface area contributed by atoms with E-state index in [1.54, 1.807) is 0 Å². The van der Waals surface area contributed by atoms with E-state index in [0.717, 1.165) is 13.0 Å². The Bertz CT molecular complexity index is 319. The number of sulfone groups is 1. The topological polar surface area (TPSA) is 46.2 Å². The summed E-state index contributed by atoms with van der Waals surface area (Å²) in [5.41, 5.74) is 1.52. The van der Waals surface area contributed by atoms with E-state index in [-0.39, 0.29) is 11.8 Å². The van der Waals surface area contributed by atoms with E-state index in [9.17, 15) is 8.42 Å². The molecule has 0 amide bonds. The minimum atomic E-state index is -2.85. The molecule has 1 rings (SSSR count). The van der Waals surface area contributed by atoms with Gasteiger partial charge < -0.3 is 5.32 Å². The molecule has 0 bridgehead atoms. The van der Waals surface area contributed by atoms with Crippen LogP contribution < -0.4 is 5.32 Å². The van der Waals surface area contributed by atoms with Crippen LogP contribution in [0.1, 0.15) is 32.6 Å². The Labute approximate surface area is 92.9 Å². The molecule has 3 nitrogen and oxygen atoms in total. The van der Waals surface area contributed by atoms with Crippen LogP contribution in [0.15, 0.2) is 11.6 Å². The van der Waals surface area contributed by atoms with E-state index in [1.807, 2.05) is 6.92 Å². The Balaban J connectivity index is 2.14. The van der Waals surface area contributed by atoms with Gasteiger partial charge in [-0.1, -0.05) is 11.6 Å². The van der Waals surface area contributed by atoms with Crippen molar-refractivity contribution in [2.24, 2.45) is 0 Å². The average molecular weight is 231 g/mol. The van der Waals surface area contributed by atoms with Crippen molar-refractivity contribution >= 4 is 9.84 Å². The quantitative estimate of drug-likeness (QED) is 0.705. The lowest BCUT2D eigenvalue weighted by Gasteiger charge is -2.12. The molecular weight excluding hydrogens is 210 g/mol. The van der Waals surface area contributed by atoms with Crippen LogP contribution >= 0.6 is 0 Å². The molecule has 88 valence electrons. The summed E-state index contributed by atoms with van der Waals surface area (Å²) in [6, 6.07) is 0.0574. The van der Waals surface area contributed by atoms with Crippen molar-refractivity contribution in [3.05, 3.63) is 11.6 Å². The Hall–Kier alpha value is -0.350. The van der Waals surface area contributed by atoms with E-state index < -0.39 is 9.84 Å². The van der Waals surface area contributed by atoms with Gasteiger partial charge in [0, 0.05) is 12.3 Å². The first kappa shape index (κ1) is 12.7. The maximum atomic E-state index is 11.0. The summed E-state index contributed by atoms with van der Waals surface area (Å²) in [4.78, 5) is 0. The van der Waals surface area contributed by atoms with Crippen LogP contribution in [0.3, 0.4) is 0 Å². The van der Waals surface area contributed by atoms with Gasteiger partial charge in [-0.25, -0.2) is 8.42 Å². The molecule has 0 radical (unpaired) electrons. The van der Waals surface area contributed by atoms with Crippen molar-refractivity contribution in [1.82, 2.24) is 5.32 Å². The fourth-order valence-corrected chi connectivity index (χ4v) is 2.98. The average Bonchev–Trinajstić information content (AvgIpc) is 2.53. The second-order valence-electron chi connectivity index (χ2n) is 4.45. The van der Waals surface area contributed by atoms with Crippen LogP contribution in [-0.2, 0) is 9.84 Å². The van der Waals surface area contributed by atoms with Crippen LogP contribution in [0.2, 0.25) is 0 Å². The smallest absolute Gasteiger partial charge is 0.148 e. The van der Waals surface area contributed by atoms with Crippen molar-refractivity contribution in [2.75, 3.05) is 18.6 Å². The van der Waals surface area contributed by atoms with Gasteiger partial charge in [0.25, 0.3) is 0 Å². The lowest BCUT2D eigenvalue weighted by molar-refractivity contribution is 0.560. The van der Waals surface area contributed by atoms with Crippen molar-refractivity contribution in [2.45, 2.75) is 38.6 Å². The molecule has 0 aliphatic heterocycles. The molecule has 1 N–H and O–H groups in total. The number of hydrogen-bond donors (Lipinski definition) is 1. The largest absolute Gasteiger partial charge is 0.313 e. The number of hydrogen-bond acceptors (Lipinski definition) is 3. The highest BCUT2D eigenvalue weighted by molar-refractivity contribution is 7.90. The fourth-order valence-electron chi connectivity index (χ4n) is 1.96. The van der Waals surface area contributed by atoms with Crippen molar-refractivity contribution in [1.29, 1.82) is 0 Å². The van der Waals surface area contributed by atoms with E-state index in [2.05, 4.69) is 11.4 Å². The molecule has 0 aromatic heterocycles. The minimum absolute atomic E-state index is 0.0574. The first-order valence-corrected chi connectivity index (χ1v) is 7.62. The monoisotopic (exact) mass is 231 g/mol. The maximum absolute atomic E-state index is 11.0. The summed E-state index contributed by atoms with van der Waals surface area (Å²) in [5, 5.41) is 3.25. The summed E-state index contributed by atoms with van der Waals surface area (Å²) in [6.45, 7) is 2.81. The van der Waals surface area contributed by atoms with E-state index in [1.165, 1.54) is 31.1 Å². The van der Waals surface area contributed by atoms with Gasteiger partial charge in [-0.3, -0.25) is 0 Å². The van der Waals surface area contributed by atoms with Gasteiger partial charge >= 0.3 is 0 Å². The number of allylic oxidation sites excluding steroid dienone is 1. The lowest BCUT2D eigenvalue weighted by Crippen LogP contribution is -2.33. The minimum Gasteiger partial charge on any atom is -0.313 e. The Morgan fingerprint density at radius 2 is 2.27 bits per heavy atom. The molecule has 1 unspecified atom stereocenters. The third-order valence-electron chi connectivity index (χ3n) is 2.63. The Morgan fingerprint density at radius 3 is 2.80 bits per heavy atom. The molecule has 1 aliphatic rings. The second-order valence-corrected chi connectivity index (χ2v) is 6.64. The zero-order chi connectivity index (χ0) is 11.3. The first-order chi connectivity index (χ1) is 6.97. The molecule has 1 aliphatic carbocycles. The SMILES string of the molecule is CC(CS(C)(=O)=O)NCCC1=CCCC1. The molecule has 0 saturated heterocycles. The summed E-state index contributed by atoms with van der Waals surface area (Å²) in [7, 11) is -2.85. The second kappa shape index (κ2) is 5.66. The third-order valence-corrected chi connectivity index (χ3v) is 3.73.